The standard InChI is InChI=1S/C17H11BrFNO/c1-2-12-4-3-5-15(10-12)20-17(21)9-6-13-11-14(18)7-8-16(13)19/h1,3-11H,(H,20,21)/b9-6+. The Morgan fingerprint density at radius 2 is 2.10 bits per heavy atom. The number of terminal acetylenes is 1. The molecule has 0 aliphatic heterocycles. The molecule has 0 saturated carbocycles. The second kappa shape index (κ2) is 6.87. The largest absolute Gasteiger partial charge is 0.322 e. The Hall–Kier alpha value is -2.38. The number of hydrogen-bond donors (Lipinski definition) is 1. The molecule has 2 aromatic carbocycles. The Labute approximate surface area is 130 Å². The molecule has 0 bridgehead atoms. The number of carbonyl (C=O) groups is 1. The maximum Gasteiger partial charge on any atom is 0.248 e. The molecule has 2 rings (SSSR count). The molecule has 0 heterocycles. The molecule has 0 atom stereocenters. The predicted octanol–water partition coefficient (Wildman–Crippen LogP) is 4.22. The van der Waals surface area contributed by atoms with Crippen LogP contribution < -0.4 is 5.32 Å². The summed E-state index contributed by atoms with van der Waals surface area (Å²) in [6.45, 7) is 0. The molecule has 4 heteroatoms. The summed E-state index contributed by atoms with van der Waals surface area (Å²) in [5.41, 5.74) is 1.60. The number of anilines is 1. The van der Waals surface area contributed by atoms with E-state index in [1.54, 1.807) is 36.4 Å². The van der Waals surface area contributed by atoms with Crippen LogP contribution in [-0.2, 0) is 4.79 Å². The smallest absolute Gasteiger partial charge is 0.248 e. The number of hydrogen-bond acceptors (Lipinski definition) is 1. The van der Waals surface area contributed by atoms with Gasteiger partial charge in [0.15, 0.2) is 0 Å². The van der Waals surface area contributed by atoms with Crippen molar-refractivity contribution in [3.8, 4) is 12.3 Å². The summed E-state index contributed by atoms with van der Waals surface area (Å²) < 4.78 is 14.3. The second-order valence-electron chi connectivity index (χ2n) is 4.21. The van der Waals surface area contributed by atoms with Gasteiger partial charge in [0.25, 0.3) is 0 Å². The van der Waals surface area contributed by atoms with Crippen LogP contribution in [-0.4, -0.2) is 5.91 Å². The van der Waals surface area contributed by atoms with Crippen LogP contribution in [0.5, 0.6) is 0 Å². The molecule has 0 aliphatic rings. The van der Waals surface area contributed by atoms with E-state index in [9.17, 15) is 9.18 Å². The van der Waals surface area contributed by atoms with Crippen molar-refractivity contribution in [2.75, 3.05) is 5.32 Å². The van der Waals surface area contributed by atoms with Crippen molar-refractivity contribution >= 4 is 33.6 Å². The summed E-state index contributed by atoms with van der Waals surface area (Å²) in [4.78, 5) is 11.8. The van der Waals surface area contributed by atoms with Gasteiger partial charge in [-0.3, -0.25) is 4.79 Å². The van der Waals surface area contributed by atoms with Crippen LogP contribution in [0.4, 0.5) is 10.1 Å². The lowest BCUT2D eigenvalue weighted by molar-refractivity contribution is -0.111. The van der Waals surface area contributed by atoms with Crippen LogP contribution in [0.3, 0.4) is 0 Å². The molecule has 0 aliphatic carbocycles. The fourth-order valence-corrected chi connectivity index (χ4v) is 2.06. The molecule has 1 N–H and O–H groups in total. The van der Waals surface area contributed by atoms with E-state index in [4.69, 9.17) is 6.42 Å². The summed E-state index contributed by atoms with van der Waals surface area (Å²) in [5.74, 6) is 1.74. The Kier molecular flexibility index (Phi) is 4.91. The minimum absolute atomic E-state index is 0.330. The quantitative estimate of drug-likeness (QED) is 0.656. The minimum atomic E-state index is -0.392. The highest BCUT2D eigenvalue weighted by atomic mass is 79.9. The highest BCUT2D eigenvalue weighted by molar-refractivity contribution is 9.10. The van der Waals surface area contributed by atoms with E-state index in [0.717, 1.165) is 4.47 Å². The van der Waals surface area contributed by atoms with E-state index in [1.807, 2.05) is 0 Å². The van der Waals surface area contributed by atoms with Gasteiger partial charge in [0, 0.05) is 27.4 Å². The van der Waals surface area contributed by atoms with Crippen LogP contribution in [0, 0.1) is 18.2 Å². The van der Waals surface area contributed by atoms with Gasteiger partial charge in [-0.05, 0) is 42.5 Å². The molecule has 0 fully saturated rings. The highest BCUT2D eigenvalue weighted by Crippen LogP contribution is 2.17. The van der Waals surface area contributed by atoms with Crippen molar-refractivity contribution in [2.24, 2.45) is 0 Å². The van der Waals surface area contributed by atoms with Gasteiger partial charge in [-0.2, -0.15) is 0 Å². The number of benzene rings is 2. The fourth-order valence-electron chi connectivity index (χ4n) is 1.68. The SMILES string of the molecule is C#Cc1cccc(NC(=O)/C=C/c2cc(Br)ccc2F)c1. The third-order valence-corrected chi connectivity index (χ3v) is 3.16. The zero-order chi connectivity index (χ0) is 15.2. The Morgan fingerprint density at radius 3 is 2.86 bits per heavy atom. The first-order chi connectivity index (χ1) is 10.1. The fraction of sp³-hybridized carbons (Fsp3) is 0. The molecule has 0 saturated heterocycles. The lowest BCUT2D eigenvalue weighted by atomic mass is 10.2. The van der Waals surface area contributed by atoms with Gasteiger partial charge in [-0.1, -0.05) is 27.9 Å². The lowest BCUT2D eigenvalue weighted by Crippen LogP contribution is -2.07. The Bertz CT molecular complexity index is 747. The number of carbonyl (C=O) groups excluding carboxylic acids is 1. The first-order valence-electron chi connectivity index (χ1n) is 6.09. The second-order valence-corrected chi connectivity index (χ2v) is 5.13. The van der Waals surface area contributed by atoms with Gasteiger partial charge in [0.05, 0.1) is 0 Å². The van der Waals surface area contributed by atoms with E-state index in [0.29, 0.717) is 16.8 Å². The molecule has 2 nitrogen and oxygen atoms in total. The van der Waals surface area contributed by atoms with E-state index < -0.39 is 5.82 Å². The Morgan fingerprint density at radius 1 is 1.29 bits per heavy atom. The predicted molar refractivity (Wildman–Crippen MR) is 86.1 cm³/mol. The monoisotopic (exact) mass is 343 g/mol. The summed E-state index contributed by atoms with van der Waals surface area (Å²) in [5, 5.41) is 2.67. The number of nitrogens with one attached hydrogen (secondary N) is 1. The van der Waals surface area contributed by atoms with E-state index >= 15 is 0 Å². The van der Waals surface area contributed by atoms with Crippen LogP contribution in [0.15, 0.2) is 53.0 Å². The topological polar surface area (TPSA) is 29.1 Å². The van der Waals surface area contributed by atoms with Gasteiger partial charge in [-0.15, -0.1) is 6.42 Å². The summed E-state index contributed by atoms with van der Waals surface area (Å²) in [6, 6.07) is 11.5. The molecular formula is C17H11BrFNO. The van der Waals surface area contributed by atoms with Crippen molar-refractivity contribution in [2.45, 2.75) is 0 Å². The molecule has 0 radical (unpaired) electrons. The number of amides is 1. The summed E-state index contributed by atoms with van der Waals surface area (Å²) >= 11 is 3.25. The molecule has 1 amide bonds. The number of halogens is 2. The molecule has 2 aromatic rings. The summed E-state index contributed by atoms with van der Waals surface area (Å²) in [7, 11) is 0. The highest BCUT2D eigenvalue weighted by Gasteiger charge is 2.02. The van der Waals surface area contributed by atoms with Crippen LogP contribution >= 0.6 is 15.9 Å². The van der Waals surface area contributed by atoms with Crippen molar-refractivity contribution < 1.29 is 9.18 Å². The molecular weight excluding hydrogens is 333 g/mol. The van der Waals surface area contributed by atoms with Crippen molar-refractivity contribution in [1.82, 2.24) is 0 Å². The van der Waals surface area contributed by atoms with Crippen LogP contribution in [0.2, 0.25) is 0 Å². The van der Waals surface area contributed by atoms with Gasteiger partial charge in [0.1, 0.15) is 5.82 Å². The van der Waals surface area contributed by atoms with Gasteiger partial charge < -0.3 is 5.32 Å². The van der Waals surface area contributed by atoms with Gasteiger partial charge >= 0.3 is 0 Å². The van der Waals surface area contributed by atoms with Gasteiger partial charge in [0.2, 0.25) is 5.91 Å². The third kappa shape index (κ3) is 4.30. The van der Waals surface area contributed by atoms with Gasteiger partial charge in [-0.25, -0.2) is 4.39 Å². The zero-order valence-corrected chi connectivity index (χ0v) is 12.5. The van der Waals surface area contributed by atoms with E-state index in [2.05, 4.69) is 27.2 Å². The average Bonchev–Trinajstić information content (AvgIpc) is 2.48. The Balaban J connectivity index is 2.09. The average molecular weight is 344 g/mol. The first-order valence-corrected chi connectivity index (χ1v) is 6.88. The maximum atomic E-state index is 13.5. The van der Waals surface area contributed by atoms with Crippen molar-refractivity contribution in [3.05, 3.63) is 70.0 Å². The normalized spacial score (nSPS) is 10.3. The molecule has 0 aromatic heterocycles. The molecule has 21 heavy (non-hydrogen) atoms. The molecule has 0 spiro atoms. The third-order valence-electron chi connectivity index (χ3n) is 2.67. The minimum Gasteiger partial charge on any atom is -0.322 e. The zero-order valence-electron chi connectivity index (χ0n) is 10.9. The molecule has 104 valence electrons. The van der Waals surface area contributed by atoms with E-state index in [-0.39, 0.29) is 5.91 Å². The molecule has 0 unspecified atom stereocenters. The van der Waals surface area contributed by atoms with E-state index in [1.165, 1.54) is 18.2 Å². The van der Waals surface area contributed by atoms with Crippen molar-refractivity contribution in [1.29, 1.82) is 0 Å². The van der Waals surface area contributed by atoms with Crippen LogP contribution in [0.25, 0.3) is 6.08 Å². The van der Waals surface area contributed by atoms with Crippen molar-refractivity contribution in [3.63, 3.8) is 0 Å². The maximum absolute atomic E-state index is 13.5. The number of rotatable bonds is 3. The van der Waals surface area contributed by atoms with Crippen LogP contribution in [0.1, 0.15) is 11.1 Å². The first kappa shape index (κ1) is 15.0. The lowest BCUT2D eigenvalue weighted by Gasteiger charge is -2.02. The summed E-state index contributed by atoms with van der Waals surface area (Å²) in [6.07, 6.45) is 7.98.